The lowest BCUT2D eigenvalue weighted by Crippen LogP contribution is -2.14. The van der Waals surface area contributed by atoms with Crippen molar-refractivity contribution in [2.24, 2.45) is 5.92 Å². The minimum Gasteiger partial charge on any atom is -0.326 e. The Hall–Kier alpha value is -1.35. The van der Waals surface area contributed by atoms with Crippen LogP contribution in [-0.4, -0.2) is 12.5 Å². The third kappa shape index (κ3) is 5.88. The molecule has 1 fully saturated rings. The molecule has 0 radical (unpaired) electrons. The second kappa shape index (κ2) is 8.83. The number of carbonyl (C=O) groups excluding carboxylic acids is 1. The molecule has 0 atom stereocenters. The summed E-state index contributed by atoms with van der Waals surface area (Å²) in [5, 5.41) is 6.38. The Labute approximate surface area is 128 Å². The predicted octanol–water partition coefficient (Wildman–Crippen LogP) is 4.10. The molecule has 0 spiro atoms. The molecular formula is C18H28N2O. The van der Waals surface area contributed by atoms with E-state index in [1.807, 2.05) is 12.1 Å². The Morgan fingerprint density at radius 3 is 2.57 bits per heavy atom. The molecule has 0 aliphatic heterocycles. The van der Waals surface area contributed by atoms with E-state index in [2.05, 4.69) is 29.7 Å². The summed E-state index contributed by atoms with van der Waals surface area (Å²) in [4.78, 5) is 11.9. The first-order chi connectivity index (χ1) is 10.3. The van der Waals surface area contributed by atoms with Crippen molar-refractivity contribution in [1.82, 2.24) is 5.32 Å². The summed E-state index contributed by atoms with van der Waals surface area (Å²) in [6.45, 7) is 4.10. The average Bonchev–Trinajstić information content (AvgIpc) is 3.01. The second-order valence-corrected chi connectivity index (χ2v) is 6.11. The standard InChI is InChI=1S/C18H28N2O/c1-2-13-19-14-16-7-10-17(11-8-16)20-18(21)12-9-15-5-3-4-6-15/h7-8,10-11,15,19H,2-6,9,12-14H2,1H3,(H,20,21). The highest BCUT2D eigenvalue weighted by atomic mass is 16.1. The summed E-state index contributed by atoms with van der Waals surface area (Å²) >= 11 is 0. The molecule has 3 heteroatoms. The van der Waals surface area contributed by atoms with Gasteiger partial charge in [-0.25, -0.2) is 0 Å². The van der Waals surface area contributed by atoms with Gasteiger partial charge in [-0.3, -0.25) is 4.79 Å². The Morgan fingerprint density at radius 1 is 1.19 bits per heavy atom. The first-order valence-electron chi connectivity index (χ1n) is 8.37. The number of hydrogen-bond donors (Lipinski definition) is 2. The molecule has 1 aromatic carbocycles. The van der Waals surface area contributed by atoms with Crippen molar-refractivity contribution in [3.05, 3.63) is 29.8 Å². The monoisotopic (exact) mass is 288 g/mol. The summed E-state index contributed by atoms with van der Waals surface area (Å²) in [5.41, 5.74) is 2.16. The molecule has 1 aromatic rings. The average molecular weight is 288 g/mol. The highest BCUT2D eigenvalue weighted by molar-refractivity contribution is 5.90. The second-order valence-electron chi connectivity index (χ2n) is 6.11. The Kier molecular flexibility index (Phi) is 6.74. The Balaban J connectivity index is 1.70. The van der Waals surface area contributed by atoms with Gasteiger partial charge in [-0.1, -0.05) is 44.7 Å². The van der Waals surface area contributed by atoms with Crippen LogP contribution in [0.4, 0.5) is 5.69 Å². The molecule has 1 aliphatic rings. The number of benzene rings is 1. The molecule has 1 amide bonds. The topological polar surface area (TPSA) is 41.1 Å². The van der Waals surface area contributed by atoms with Crippen LogP contribution in [0.25, 0.3) is 0 Å². The lowest BCUT2D eigenvalue weighted by Gasteiger charge is -2.10. The van der Waals surface area contributed by atoms with Gasteiger partial charge in [0, 0.05) is 18.7 Å². The predicted molar refractivity (Wildman–Crippen MR) is 88.3 cm³/mol. The molecule has 0 aromatic heterocycles. The summed E-state index contributed by atoms with van der Waals surface area (Å²) in [6.07, 6.45) is 8.17. The summed E-state index contributed by atoms with van der Waals surface area (Å²) in [5.74, 6) is 0.932. The fraction of sp³-hybridized carbons (Fsp3) is 0.611. The smallest absolute Gasteiger partial charge is 0.224 e. The molecular weight excluding hydrogens is 260 g/mol. The zero-order valence-corrected chi connectivity index (χ0v) is 13.2. The molecule has 1 saturated carbocycles. The van der Waals surface area contributed by atoms with Crippen LogP contribution in [0.3, 0.4) is 0 Å². The van der Waals surface area contributed by atoms with Crippen LogP contribution in [0.15, 0.2) is 24.3 Å². The Morgan fingerprint density at radius 2 is 1.90 bits per heavy atom. The molecule has 2 rings (SSSR count). The van der Waals surface area contributed by atoms with Gasteiger partial charge in [-0.05, 0) is 43.0 Å². The lowest BCUT2D eigenvalue weighted by atomic mass is 10.0. The van der Waals surface area contributed by atoms with Crippen molar-refractivity contribution >= 4 is 11.6 Å². The van der Waals surface area contributed by atoms with Crippen molar-refractivity contribution in [1.29, 1.82) is 0 Å². The van der Waals surface area contributed by atoms with Gasteiger partial charge < -0.3 is 10.6 Å². The third-order valence-corrected chi connectivity index (χ3v) is 4.25. The summed E-state index contributed by atoms with van der Waals surface area (Å²) in [6, 6.07) is 8.15. The molecule has 0 saturated heterocycles. The number of amides is 1. The zero-order chi connectivity index (χ0) is 14.9. The number of rotatable bonds is 8. The van der Waals surface area contributed by atoms with E-state index in [9.17, 15) is 4.79 Å². The van der Waals surface area contributed by atoms with Crippen LogP contribution in [0, 0.1) is 5.92 Å². The first-order valence-corrected chi connectivity index (χ1v) is 8.37. The van der Waals surface area contributed by atoms with Gasteiger partial charge in [0.2, 0.25) is 5.91 Å². The van der Waals surface area contributed by atoms with Crippen molar-refractivity contribution in [2.75, 3.05) is 11.9 Å². The number of hydrogen-bond acceptors (Lipinski definition) is 2. The SMILES string of the molecule is CCCNCc1ccc(NC(=O)CCC2CCCC2)cc1. The normalized spacial score (nSPS) is 15.3. The molecule has 0 heterocycles. The van der Waals surface area contributed by atoms with Crippen LogP contribution in [0.2, 0.25) is 0 Å². The number of carbonyl (C=O) groups is 1. The molecule has 116 valence electrons. The maximum absolute atomic E-state index is 11.9. The van der Waals surface area contributed by atoms with Gasteiger partial charge in [-0.2, -0.15) is 0 Å². The van der Waals surface area contributed by atoms with Crippen molar-refractivity contribution < 1.29 is 4.79 Å². The molecule has 0 bridgehead atoms. The van der Waals surface area contributed by atoms with Crippen LogP contribution < -0.4 is 10.6 Å². The van der Waals surface area contributed by atoms with E-state index < -0.39 is 0 Å². The quantitative estimate of drug-likeness (QED) is 0.707. The van der Waals surface area contributed by atoms with Gasteiger partial charge in [-0.15, -0.1) is 0 Å². The fourth-order valence-corrected chi connectivity index (χ4v) is 2.97. The van der Waals surface area contributed by atoms with Gasteiger partial charge in [0.15, 0.2) is 0 Å². The highest BCUT2D eigenvalue weighted by Gasteiger charge is 2.16. The van der Waals surface area contributed by atoms with Crippen molar-refractivity contribution in [3.63, 3.8) is 0 Å². The van der Waals surface area contributed by atoms with E-state index in [0.717, 1.165) is 37.5 Å². The summed E-state index contributed by atoms with van der Waals surface area (Å²) < 4.78 is 0. The number of anilines is 1. The van der Waals surface area contributed by atoms with Crippen LogP contribution in [0.1, 0.15) is 57.4 Å². The minimum atomic E-state index is 0.152. The fourth-order valence-electron chi connectivity index (χ4n) is 2.97. The van der Waals surface area contributed by atoms with Crippen molar-refractivity contribution in [3.8, 4) is 0 Å². The van der Waals surface area contributed by atoms with Gasteiger partial charge in [0.05, 0.1) is 0 Å². The summed E-state index contributed by atoms with van der Waals surface area (Å²) in [7, 11) is 0. The van der Waals surface area contributed by atoms with E-state index >= 15 is 0 Å². The largest absolute Gasteiger partial charge is 0.326 e. The highest BCUT2D eigenvalue weighted by Crippen LogP contribution is 2.28. The van der Waals surface area contributed by atoms with E-state index in [1.54, 1.807) is 0 Å². The van der Waals surface area contributed by atoms with Crippen LogP contribution in [-0.2, 0) is 11.3 Å². The molecule has 2 N–H and O–H groups in total. The van der Waals surface area contributed by atoms with E-state index in [4.69, 9.17) is 0 Å². The van der Waals surface area contributed by atoms with E-state index in [1.165, 1.54) is 31.2 Å². The van der Waals surface area contributed by atoms with Gasteiger partial charge in [0.1, 0.15) is 0 Å². The van der Waals surface area contributed by atoms with Gasteiger partial charge >= 0.3 is 0 Å². The maximum atomic E-state index is 11.9. The van der Waals surface area contributed by atoms with Crippen molar-refractivity contribution in [2.45, 2.75) is 58.4 Å². The zero-order valence-electron chi connectivity index (χ0n) is 13.2. The van der Waals surface area contributed by atoms with Crippen LogP contribution in [0.5, 0.6) is 0 Å². The minimum absolute atomic E-state index is 0.152. The van der Waals surface area contributed by atoms with Gasteiger partial charge in [0.25, 0.3) is 0 Å². The first kappa shape index (κ1) is 16.0. The van der Waals surface area contributed by atoms with Crippen LogP contribution >= 0.6 is 0 Å². The Bertz CT molecular complexity index is 421. The molecule has 21 heavy (non-hydrogen) atoms. The maximum Gasteiger partial charge on any atom is 0.224 e. The molecule has 0 unspecified atom stereocenters. The molecule has 1 aliphatic carbocycles. The lowest BCUT2D eigenvalue weighted by molar-refractivity contribution is -0.116. The molecule has 3 nitrogen and oxygen atoms in total. The number of nitrogens with one attached hydrogen (secondary N) is 2. The van der Waals surface area contributed by atoms with E-state index in [-0.39, 0.29) is 5.91 Å². The third-order valence-electron chi connectivity index (χ3n) is 4.25. The van der Waals surface area contributed by atoms with E-state index in [0.29, 0.717) is 6.42 Å².